The van der Waals surface area contributed by atoms with Crippen molar-refractivity contribution in [2.45, 2.75) is 33.6 Å². The molecular weight excluding hydrogens is 278 g/mol. The molecular formula is C17H21N3S. The molecule has 110 valence electrons. The molecule has 2 rings (SSSR count). The first-order valence-corrected chi connectivity index (χ1v) is 7.45. The molecule has 0 aliphatic rings. The smallest absolute Gasteiger partial charge is 0.140 e. The van der Waals surface area contributed by atoms with E-state index in [1.54, 1.807) is 0 Å². The molecule has 0 aliphatic heterocycles. The van der Waals surface area contributed by atoms with Crippen LogP contribution in [-0.2, 0) is 0 Å². The van der Waals surface area contributed by atoms with E-state index in [1.165, 1.54) is 11.1 Å². The predicted octanol–water partition coefficient (Wildman–Crippen LogP) is 4.20. The van der Waals surface area contributed by atoms with E-state index < -0.39 is 0 Å². The number of hydrogen-bond acceptors (Lipinski definition) is 3. The third-order valence-electron chi connectivity index (χ3n) is 3.47. The molecule has 4 heteroatoms. The molecule has 3 N–H and O–H groups in total. The summed E-state index contributed by atoms with van der Waals surface area (Å²) >= 11 is 5.12. The summed E-state index contributed by atoms with van der Waals surface area (Å²) in [4.78, 5) is 4.90. The van der Waals surface area contributed by atoms with Crippen molar-refractivity contribution in [2.75, 3.05) is 5.32 Å². The van der Waals surface area contributed by atoms with Crippen LogP contribution in [0.4, 0.5) is 11.5 Å². The summed E-state index contributed by atoms with van der Waals surface area (Å²) in [5.74, 6) is 1.14. The van der Waals surface area contributed by atoms with Gasteiger partial charge >= 0.3 is 0 Å². The van der Waals surface area contributed by atoms with Crippen molar-refractivity contribution >= 4 is 28.7 Å². The van der Waals surface area contributed by atoms with Gasteiger partial charge in [0.25, 0.3) is 0 Å². The number of nitrogens with one attached hydrogen (secondary N) is 1. The van der Waals surface area contributed by atoms with Gasteiger partial charge in [-0.1, -0.05) is 44.3 Å². The number of para-hydroxylation sites is 1. The van der Waals surface area contributed by atoms with Gasteiger partial charge in [-0.05, 0) is 43.0 Å². The topological polar surface area (TPSA) is 50.9 Å². The molecule has 1 aromatic heterocycles. The van der Waals surface area contributed by atoms with Crippen LogP contribution in [0.1, 0.15) is 42.1 Å². The second kappa shape index (κ2) is 6.22. The first kappa shape index (κ1) is 15.4. The van der Waals surface area contributed by atoms with Gasteiger partial charge in [-0.15, -0.1) is 0 Å². The lowest BCUT2D eigenvalue weighted by Gasteiger charge is -2.18. The first-order chi connectivity index (χ1) is 9.90. The van der Waals surface area contributed by atoms with Gasteiger partial charge in [0, 0.05) is 11.4 Å². The Bertz CT molecular complexity index is 678. The molecule has 0 bridgehead atoms. The van der Waals surface area contributed by atoms with Crippen molar-refractivity contribution in [1.82, 2.24) is 4.98 Å². The van der Waals surface area contributed by atoms with Crippen molar-refractivity contribution in [1.29, 1.82) is 0 Å². The van der Waals surface area contributed by atoms with E-state index >= 15 is 0 Å². The predicted molar refractivity (Wildman–Crippen MR) is 93.4 cm³/mol. The first-order valence-electron chi connectivity index (χ1n) is 7.04. The van der Waals surface area contributed by atoms with Crippen LogP contribution in [-0.4, -0.2) is 9.97 Å². The van der Waals surface area contributed by atoms with Gasteiger partial charge < -0.3 is 11.1 Å². The van der Waals surface area contributed by atoms with Crippen molar-refractivity contribution in [3.63, 3.8) is 0 Å². The lowest BCUT2D eigenvalue weighted by atomic mass is 9.98. The van der Waals surface area contributed by atoms with Gasteiger partial charge in [-0.2, -0.15) is 0 Å². The Kier molecular flexibility index (Phi) is 4.58. The van der Waals surface area contributed by atoms with Gasteiger partial charge in [0.2, 0.25) is 0 Å². The van der Waals surface area contributed by atoms with E-state index in [0.29, 0.717) is 10.9 Å². The second-order valence-electron chi connectivity index (χ2n) is 5.53. The number of anilines is 2. The fourth-order valence-corrected chi connectivity index (χ4v) is 2.48. The van der Waals surface area contributed by atoms with E-state index in [9.17, 15) is 0 Å². The SMILES string of the molecule is Cc1ccc(C(N)=S)c(Nc2c(C)cccc2C(C)C)n1. The highest BCUT2D eigenvalue weighted by Gasteiger charge is 2.13. The number of hydrogen-bond donors (Lipinski definition) is 2. The monoisotopic (exact) mass is 299 g/mol. The maximum Gasteiger partial charge on any atom is 0.140 e. The molecule has 2 aromatic rings. The Morgan fingerprint density at radius 2 is 1.90 bits per heavy atom. The van der Waals surface area contributed by atoms with Crippen LogP contribution in [0.25, 0.3) is 0 Å². The Balaban J connectivity index is 2.53. The molecule has 1 aromatic carbocycles. The zero-order valence-corrected chi connectivity index (χ0v) is 13.7. The molecule has 21 heavy (non-hydrogen) atoms. The van der Waals surface area contributed by atoms with Gasteiger partial charge in [0.1, 0.15) is 10.8 Å². The van der Waals surface area contributed by atoms with Crippen LogP contribution < -0.4 is 11.1 Å². The van der Waals surface area contributed by atoms with Crippen LogP contribution >= 0.6 is 12.2 Å². The Morgan fingerprint density at radius 3 is 2.52 bits per heavy atom. The molecule has 0 saturated carbocycles. The Labute approximate surface area is 131 Å². The lowest BCUT2D eigenvalue weighted by molar-refractivity contribution is 0.867. The van der Waals surface area contributed by atoms with E-state index in [1.807, 2.05) is 19.1 Å². The molecule has 0 radical (unpaired) electrons. The molecule has 0 atom stereocenters. The lowest BCUT2D eigenvalue weighted by Crippen LogP contribution is -2.14. The van der Waals surface area contributed by atoms with Crippen molar-refractivity contribution in [2.24, 2.45) is 5.73 Å². The maximum absolute atomic E-state index is 5.81. The van der Waals surface area contributed by atoms with Crippen molar-refractivity contribution in [3.05, 3.63) is 52.7 Å². The number of aryl methyl sites for hydroxylation is 2. The van der Waals surface area contributed by atoms with Gasteiger partial charge in [-0.3, -0.25) is 0 Å². The Morgan fingerprint density at radius 1 is 1.19 bits per heavy atom. The summed E-state index contributed by atoms with van der Waals surface area (Å²) < 4.78 is 0. The summed E-state index contributed by atoms with van der Waals surface area (Å²) in [6.45, 7) is 8.40. The molecule has 0 spiro atoms. The van der Waals surface area contributed by atoms with E-state index in [4.69, 9.17) is 18.0 Å². The van der Waals surface area contributed by atoms with Gasteiger partial charge in [0.05, 0.1) is 5.56 Å². The fourth-order valence-electron chi connectivity index (χ4n) is 2.31. The molecule has 1 heterocycles. The quantitative estimate of drug-likeness (QED) is 0.831. The molecule has 0 amide bonds. The largest absolute Gasteiger partial charge is 0.389 e. The molecule has 3 nitrogen and oxygen atoms in total. The minimum absolute atomic E-state index is 0.352. The molecule has 0 unspecified atom stereocenters. The number of aromatic nitrogens is 1. The summed E-state index contributed by atoms with van der Waals surface area (Å²) in [5, 5.41) is 3.43. The summed E-state index contributed by atoms with van der Waals surface area (Å²) in [7, 11) is 0. The zero-order valence-electron chi connectivity index (χ0n) is 12.9. The number of nitrogens with zero attached hydrogens (tertiary/aromatic N) is 1. The number of rotatable bonds is 4. The van der Waals surface area contributed by atoms with Gasteiger partial charge in [-0.25, -0.2) is 4.98 Å². The van der Waals surface area contributed by atoms with Crippen LogP contribution in [0.5, 0.6) is 0 Å². The summed E-state index contributed by atoms with van der Waals surface area (Å²) in [6.07, 6.45) is 0. The highest BCUT2D eigenvalue weighted by molar-refractivity contribution is 7.80. The van der Waals surface area contributed by atoms with Crippen LogP contribution in [0, 0.1) is 13.8 Å². The Hall–Kier alpha value is -1.94. The third kappa shape index (κ3) is 3.39. The summed E-state index contributed by atoms with van der Waals surface area (Å²) in [5.41, 5.74) is 11.0. The zero-order chi connectivity index (χ0) is 15.6. The highest BCUT2D eigenvalue weighted by Crippen LogP contribution is 2.30. The maximum atomic E-state index is 5.81. The minimum atomic E-state index is 0.352. The number of pyridine rings is 1. The van der Waals surface area contributed by atoms with E-state index in [0.717, 1.165) is 22.8 Å². The van der Waals surface area contributed by atoms with Crippen LogP contribution in [0.3, 0.4) is 0 Å². The standard InChI is InChI=1S/C17H21N3S/c1-10(2)13-7-5-6-11(3)15(13)20-17-14(16(18)21)9-8-12(4)19-17/h5-10H,1-4H3,(H2,18,21)(H,19,20). The fraction of sp³-hybridized carbons (Fsp3) is 0.294. The molecule has 0 fully saturated rings. The normalized spacial score (nSPS) is 10.7. The second-order valence-corrected chi connectivity index (χ2v) is 5.97. The summed E-state index contributed by atoms with van der Waals surface area (Å²) in [6, 6.07) is 10.1. The van der Waals surface area contributed by atoms with E-state index in [-0.39, 0.29) is 0 Å². The molecule has 0 saturated heterocycles. The van der Waals surface area contributed by atoms with Crippen LogP contribution in [0.15, 0.2) is 30.3 Å². The third-order valence-corrected chi connectivity index (χ3v) is 3.69. The molecule has 0 aliphatic carbocycles. The van der Waals surface area contributed by atoms with Gasteiger partial charge in [0.15, 0.2) is 0 Å². The number of thiocarbonyl (C=S) groups is 1. The minimum Gasteiger partial charge on any atom is -0.389 e. The van der Waals surface area contributed by atoms with Crippen molar-refractivity contribution in [3.8, 4) is 0 Å². The highest BCUT2D eigenvalue weighted by atomic mass is 32.1. The number of nitrogens with two attached hydrogens (primary N) is 1. The van der Waals surface area contributed by atoms with Crippen LogP contribution in [0.2, 0.25) is 0 Å². The van der Waals surface area contributed by atoms with E-state index in [2.05, 4.69) is 49.3 Å². The number of benzene rings is 1. The van der Waals surface area contributed by atoms with Crippen molar-refractivity contribution < 1.29 is 0 Å². The average Bonchev–Trinajstić information content (AvgIpc) is 2.40. The average molecular weight is 299 g/mol.